The van der Waals surface area contributed by atoms with Gasteiger partial charge in [0.1, 0.15) is 0 Å². The fourth-order valence-electron chi connectivity index (χ4n) is 0.802. The molecule has 0 aliphatic heterocycles. The standard InChI is InChI=1S/C9H17NO2S/c1-9(2,3)13(11,12)8-6-4-5-7-10/h4-6,8H2,1-3H3. The summed E-state index contributed by atoms with van der Waals surface area (Å²) in [6, 6.07) is 2.00. The fourth-order valence-corrected chi connectivity index (χ4v) is 2.00. The first-order chi connectivity index (χ1) is 5.81. The summed E-state index contributed by atoms with van der Waals surface area (Å²) in [5, 5.41) is 8.26. The molecule has 0 N–H and O–H groups in total. The van der Waals surface area contributed by atoms with Crippen molar-refractivity contribution in [1.29, 1.82) is 5.26 Å². The smallest absolute Gasteiger partial charge is 0.155 e. The second-order valence-corrected chi connectivity index (χ2v) is 6.91. The number of nitrogens with zero attached hydrogens (tertiary/aromatic N) is 1. The molecule has 3 nitrogen and oxygen atoms in total. The molecule has 0 aromatic heterocycles. The molecule has 4 heteroatoms. The molecule has 0 aromatic carbocycles. The van der Waals surface area contributed by atoms with Crippen LogP contribution in [0.5, 0.6) is 0 Å². The van der Waals surface area contributed by atoms with E-state index in [-0.39, 0.29) is 5.75 Å². The molecular formula is C9H17NO2S. The molecule has 0 heterocycles. The van der Waals surface area contributed by atoms with Crippen LogP contribution in [0.4, 0.5) is 0 Å². The summed E-state index contributed by atoms with van der Waals surface area (Å²) in [5.41, 5.74) is 0. The van der Waals surface area contributed by atoms with E-state index >= 15 is 0 Å². The van der Waals surface area contributed by atoms with E-state index < -0.39 is 14.6 Å². The summed E-state index contributed by atoms with van der Waals surface area (Å²) in [6.07, 6.45) is 1.71. The van der Waals surface area contributed by atoms with Crippen LogP contribution in [0.2, 0.25) is 0 Å². The van der Waals surface area contributed by atoms with Gasteiger partial charge in [-0.05, 0) is 33.6 Å². The van der Waals surface area contributed by atoms with Gasteiger partial charge in [0.25, 0.3) is 0 Å². The van der Waals surface area contributed by atoms with Crippen LogP contribution in [-0.2, 0) is 9.84 Å². The van der Waals surface area contributed by atoms with Crippen molar-refractivity contribution >= 4 is 9.84 Å². The molecule has 0 aromatic rings. The molecule has 0 rings (SSSR count). The number of unbranched alkanes of at least 4 members (excludes halogenated alkanes) is 2. The second kappa shape index (κ2) is 4.61. The highest BCUT2D eigenvalue weighted by atomic mass is 32.2. The molecule has 0 bridgehead atoms. The fraction of sp³-hybridized carbons (Fsp3) is 0.889. The molecule has 13 heavy (non-hydrogen) atoms. The zero-order valence-electron chi connectivity index (χ0n) is 8.50. The van der Waals surface area contributed by atoms with Gasteiger partial charge in [0.2, 0.25) is 0 Å². The van der Waals surface area contributed by atoms with Crippen LogP contribution in [0, 0.1) is 11.3 Å². The summed E-state index contributed by atoms with van der Waals surface area (Å²) in [4.78, 5) is 0. The summed E-state index contributed by atoms with van der Waals surface area (Å²) in [7, 11) is -2.99. The third-order valence-corrected chi connectivity index (χ3v) is 4.58. The van der Waals surface area contributed by atoms with Gasteiger partial charge < -0.3 is 0 Å². The van der Waals surface area contributed by atoms with Gasteiger partial charge in [0, 0.05) is 6.42 Å². The van der Waals surface area contributed by atoms with Crippen LogP contribution in [0.3, 0.4) is 0 Å². The van der Waals surface area contributed by atoms with E-state index in [4.69, 9.17) is 5.26 Å². The van der Waals surface area contributed by atoms with E-state index in [1.807, 2.05) is 6.07 Å². The monoisotopic (exact) mass is 203 g/mol. The first-order valence-corrected chi connectivity index (χ1v) is 6.06. The molecule has 76 valence electrons. The van der Waals surface area contributed by atoms with Crippen molar-refractivity contribution in [2.24, 2.45) is 0 Å². The number of nitriles is 1. The van der Waals surface area contributed by atoms with Gasteiger partial charge >= 0.3 is 0 Å². The molecule has 0 spiro atoms. The Morgan fingerprint density at radius 1 is 1.23 bits per heavy atom. The summed E-state index contributed by atoms with van der Waals surface area (Å²) in [5.74, 6) is 0.193. The average molecular weight is 203 g/mol. The van der Waals surface area contributed by atoms with Gasteiger partial charge in [-0.2, -0.15) is 5.26 Å². The van der Waals surface area contributed by atoms with E-state index in [2.05, 4.69) is 0 Å². The van der Waals surface area contributed by atoms with Crippen LogP contribution in [-0.4, -0.2) is 18.9 Å². The van der Waals surface area contributed by atoms with E-state index in [9.17, 15) is 8.42 Å². The van der Waals surface area contributed by atoms with Crippen molar-refractivity contribution in [2.75, 3.05) is 5.75 Å². The quantitative estimate of drug-likeness (QED) is 0.656. The summed E-state index contributed by atoms with van der Waals surface area (Å²) in [6.45, 7) is 5.10. The highest BCUT2D eigenvalue weighted by Crippen LogP contribution is 2.17. The molecule has 0 saturated heterocycles. The van der Waals surface area contributed by atoms with E-state index in [0.717, 1.165) is 0 Å². The lowest BCUT2D eigenvalue weighted by atomic mass is 10.3. The van der Waals surface area contributed by atoms with Crippen LogP contribution in [0.15, 0.2) is 0 Å². The normalized spacial score (nSPS) is 12.5. The lowest BCUT2D eigenvalue weighted by molar-refractivity contribution is 0.556. The Hall–Kier alpha value is -0.560. The molecule has 0 atom stereocenters. The molecule has 0 saturated carbocycles. The van der Waals surface area contributed by atoms with E-state index in [0.29, 0.717) is 19.3 Å². The number of sulfone groups is 1. The van der Waals surface area contributed by atoms with Crippen LogP contribution in [0.25, 0.3) is 0 Å². The second-order valence-electron chi connectivity index (χ2n) is 4.05. The predicted octanol–water partition coefficient (Wildman–Crippen LogP) is 1.89. The molecular weight excluding hydrogens is 186 g/mol. The third kappa shape index (κ3) is 4.28. The largest absolute Gasteiger partial charge is 0.228 e. The Morgan fingerprint density at radius 2 is 1.77 bits per heavy atom. The molecule has 0 fully saturated rings. The molecule has 0 aliphatic rings. The highest BCUT2D eigenvalue weighted by Gasteiger charge is 2.27. The van der Waals surface area contributed by atoms with E-state index in [1.165, 1.54) is 0 Å². The SMILES string of the molecule is CC(C)(C)S(=O)(=O)CCCCC#N. The van der Waals surface area contributed by atoms with Gasteiger partial charge in [0.05, 0.1) is 16.6 Å². The van der Waals surface area contributed by atoms with Crippen molar-refractivity contribution in [3.63, 3.8) is 0 Å². The van der Waals surface area contributed by atoms with Crippen molar-refractivity contribution < 1.29 is 8.42 Å². The zero-order valence-corrected chi connectivity index (χ0v) is 9.32. The first kappa shape index (κ1) is 12.4. The molecule has 0 amide bonds. The van der Waals surface area contributed by atoms with Gasteiger partial charge in [-0.1, -0.05) is 0 Å². The summed E-state index contributed by atoms with van der Waals surface area (Å²) >= 11 is 0. The maximum atomic E-state index is 11.5. The van der Waals surface area contributed by atoms with Crippen molar-refractivity contribution in [3.05, 3.63) is 0 Å². The Bertz CT molecular complexity index is 280. The number of rotatable bonds is 4. The van der Waals surface area contributed by atoms with Gasteiger partial charge in [-0.15, -0.1) is 0 Å². The van der Waals surface area contributed by atoms with Gasteiger partial charge in [-0.3, -0.25) is 0 Å². The molecule has 0 aliphatic carbocycles. The molecule has 0 radical (unpaired) electrons. The first-order valence-electron chi connectivity index (χ1n) is 4.40. The topological polar surface area (TPSA) is 57.9 Å². The Labute approximate surface area is 80.7 Å². The lowest BCUT2D eigenvalue weighted by Gasteiger charge is -2.18. The van der Waals surface area contributed by atoms with Gasteiger partial charge in [0.15, 0.2) is 9.84 Å². The van der Waals surface area contributed by atoms with Crippen molar-refractivity contribution in [2.45, 2.75) is 44.8 Å². The minimum atomic E-state index is -2.99. The average Bonchev–Trinajstić information content (AvgIpc) is 1.96. The third-order valence-electron chi connectivity index (χ3n) is 1.88. The predicted molar refractivity (Wildman–Crippen MR) is 53.0 cm³/mol. The zero-order chi connectivity index (χ0) is 10.5. The van der Waals surface area contributed by atoms with Crippen molar-refractivity contribution in [1.82, 2.24) is 0 Å². The Balaban J connectivity index is 4.01. The van der Waals surface area contributed by atoms with Crippen LogP contribution < -0.4 is 0 Å². The van der Waals surface area contributed by atoms with Crippen LogP contribution >= 0.6 is 0 Å². The van der Waals surface area contributed by atoms with Gasteiger partial charge in [-0.25, -0.2) is 8.42 Å². The maximum Gasteiger partial charge on any atom is 0.155 e. The minimum absolute atomic E-state index is 0.193. The number of hydrogen-bond acceptors (Lipinski definition) is 3. The Kier molecular flexibility index (Phi) is 4.41. The van der Waals surface area contributed by atoms with Crippen molar-refractivity contribution in [3.8, 4) is 6.07 Å². The maximum absolute atomic E-state index is 11.5. The Morgan fingerprint density at radius 3 is 2.15 bits per heavy atom. The molecule has 0 unspecified atom stereocenters. The summed E-state index contributed by atoms with van der Waals surface area (Å²) < 4.78 is 22.4. The lowest BCUT2D eigenvalue weighted by Crippen LogP contribution is -2.30. The highest BCUT2D eigenvalue weighted by molar-refractivity contribution is 7.92. The minimum Gasteiger partial charge on any atom is -0.228 e. The van der Waals surface area contributed by atoms with E-state index in [1.54, 1.807) is 20.8 Å². The van der Waals surface area contributed by atoms with Crippen LogP contribution in [0.1, 0.15) is 40.0 Å². The number of hydrogen-bond donors (Lipinski definition) is 0.